The van der Waals surface area contributed by atoms with Crippen LogP contribution >= 0.6 is 0 Å². The number of hydrogen-bond donors (Lipinski definition) is 0. The summed E-state index contributed by atoms with van der Waals surface area (Å²) in [5, 5.41) is 0. The van der Waals surface area contributed by atoms with Crippen molar-refractivity contribution >= 4 is 6.29 Å². The third kappa shape index (κ3) is 3.50. The van der Waals surface area contributed by atoms with E-state index in [1.165, 1.54) is 25.3 Å². The maximum absolute atomic E-state index is 8.81. The van der Waals surface area contributed by atoms with Crippen LogP contribution in [0.4, 0.5) is 0 Å². The number of carbonyl (C=O) groups is 1. The number of fused-ring (bicyclic) bond motifs is 1. The summed E-state index contributed by atoms with van der Waals surface area (Å²) in [6.45, 7) is 15.6. The number of hydrogen-bond acceptors (Lipinski definition) is 1. The molecule has 0 unspecified atom stereocenters. The minimum Gasteiger partial charge on any atom is -0.304 e. The molecule has 0 fully saturated rings. The molecular formula is C19H30O. The highest BCUT2D eigenvalue weighted by Crippen LogP contribution is 2.46. The molecule has 0 N–H and O–H groups in total. The second kappa shape index (κ2) is 6.11. The molecule has 1 nitrogen and oxygen atoms in total. The van der Waals surface area contributed by atoms with Gasteiger partial charge < -0.3 is 4.79 Å². The van der Waals surface area contributed by atoms with Crippen LogP contribution in [0.5, 0.6) is 0 Å². The second-order valence-electron chi connectivity index (χ2n) is 7.46. The molecule has 0 aliphatic heterocycles. The van der Waals surface area contributed by atoms with Gasteiger partial charge >= 0.3 is 0 Å². The molecule has 0 saturated carbocycles. The molecule has 1 aliphatic rings. The molecule has 1 heteroatoms. The van der Waals surface area contributed by atoms with Gasteiger partial charge in [-0.25, -0.2) is 0 Å². The number of aldehydes is 1. The van der Waals surface area contributed by atoms with Crippen LogP contribution in [-0.2, 0) is 15.6 Å². The lowest BCUT2D eigenvalue weighted by molar-refractivity contribution is -0.106. The highest BCUT2D eigenvalue weighted by atomic mass is 16.1. The summed E-state index contributed by atoms with van der Waals surface area (Å²) in [5.41, 5.74) is 5.32. The predicted molar refractivity (Wildman–Crippen MR) is 87.6 cm³/mol. The van der Waals surface area contributed by atoms with Crippen molar-refractivity contribution in [2.24, 2.45) is 0 Å². The van der Waals surface area contributed by atoms with Crippen molar-refractivity contribution in [2.45, 2.75) is 78.1 Å². The lowest BCUT2D eigenvalue weighted by atomic mass is 9.63. The number of carbonyl (C=O) groups excluding carboxylic acids is 1. The Bertz CT molecular complexity index is 467. The normalized spacial score (nSPS) is 18.8. The monoisotopic (exact) mass is 274 g/mol. The standard InChI is InChI=1S/C17H26.C2H4O/c1-12(2)13-7-8-14-15(11-13)17(5,6)10-9-16(14,3)4;1-2-3/h7-8,11-12H,9-10H2,1-6H3;2H,1H3. The van der Waals surface area contributed by atoms with Crippen molar-refractivity contribution in [3.63, 3.8) is 0 Å². The smallest absolute Gasteiger partial charge is 0.116 e. The summed E-state index contributed by atoms with van der Waals surface area (Å²) in [6.07, 6.45) is 3.35. The molecule has 1 aromatic rings. The molecule has 1 aromatic carbocycles. The van der Waals surface area contributed by atoms with Crippen molar-refractivity contribution in [2.75, 3.05) is 0 Å². The molecule has 0 spiro atoms. The van der Waals surface area contributed by atoms with Crippen LogP contribution in [0.25, 0.3) is 0 Å². The van der Waals surface area contributed by atoms with E-state index in [1.54, 1.807) is 11.1 Å². The highest BCUT2D eigenvalue weighted by molar-refractivity contribution is 5.44. The summed E-state index contributed by atoms with van der Waals surface area (Å²) in [5.74, 6) is 0.626. The first-order valence-corrected chi connectivity index (χ1v) is 7.70. The zero-order valence-corrected chi connectivity index (χ0v) is 14.2. The summed E-state index contributed by atoms with van der Waals surface area (Å²) in [6, 6.07) is 7.17. The Morgan fingerprint density at radius 3 is 1.90 bits per heavy atom. The molecule has 0 amide bonds. The lowest BCUT2D eigenvalue weighted by Crippen LogP contribution is -2.33. The fourth-order valence-corrected chi connectivity index (χ4v) is 2.97. The van der Waals surface area contributed by atoms with Gasteiger partial charge in [0, 0.05) is 0 Å². The predicted octanol–water partition coefficient (Wildman–Crippen LogP) is 5.36. The Kier molecular flexibility index (Phi) is 5.18. The summed E-state index contributed by atoms with van der Waals surface area (Å²) in [7, 11) is 0. The molecule has 0 saturated heterocycles. The van der Waals surface area contributed by atoms with E-state index < -0.39 is 0 Å². The topological polar surface area (TPSA) is 17.1 Å². The Hall–Kier alpha value is -1.11. The largest absolute Gasteiger partial charge is 0.304 e. The lowest BCUT2D eigenvalue weighted by Gasteiger charge is -2.42. The van der Waals surface area contributed by atoms with Crippen LogP contribution in [0.3, 0.4) is 0 Å². The van der Waals surface area contributed by atoms with Crippen molar-refractivity contribution in [1.29, 1.82) is 0 Å². The fraction of sp³-hybridized carbons (Fsp3) is 0.632. The molecule has 1 aliphatic carbocycles. The third-order valence-corrected chi connectivity index (χ3v) is 4.54. The van der Waals surface area contributed by atoms with Gasteiger partial charge in [0.05, 0.1) is 0 Å². The Balaban J connectivity index is 0.000000612. The van der Waals surface area contributed by atoms with Gasteiger partial charge in [0.2, 0.25) is 0 Å². The summed E-state index contributed by atoms with van der Waals surface area (Å²) < 4.78 is 0. The Morgan fingerprint density at radius 1 is 1.00 bits per heavy atom. The van der Waals surface area contributed by atoms with Gasteiger partial charge in [-0.2, -0.15) is 0 Å². The molecule has 112 valence electrons. The first kappa shape index (κ1) is 16.9. The molecule has 0 aromatic heterocycles. The Labute approximate surface area is 124 Å². The van der Waals surface area contributed by atoms with Gasteiger partial charge in [0.15, 0.2) is 0 Å². The zero-order valence-electron chi connectivity index (χ0n) is 14.2. The molecule has 20 heavy (non-hydrogen) atoms. The van der Waals surface area contributed by atoms with E-state index in [4.69, 9.17) is 4.79 Å². The quantitative estimate of drug-likeness (QED) is 0.630. The van der Waals surface area contributed by atoms with Crippen molar-refractivity contribution in [1.82, 2.24) is 0 Å². The van der Waals surface area contributed by atoms with Crippen LogP contribution in [0.15, 0.2) is 18.2 Å². The van der Waals surface area contributed by atoms with E-state index in [2.05, 4.69) is 59.7 Å². The van der Waals surface area contributed by atoms with E-state index in [-0.39, 0.29) is 0 Å². The van der Waals surface area contributed by atoms with Crippen molar-refractivity contribution in [3.05, 3.63) is 34.9 Å². The van der Waals surface area contributed by atoms with Crippen molar-refractivity contribution in [3.8, 4) is 0 Å². The minimum absolute atomic E-state index is 0.343. The first-order valence-electron chi connectivity index (χ1n) is 7.70. The number of rotatable bonds is 1. The van der Waals surface area contributed by atoms with Gasteiger partial charge in [-0.1, -0.05) is 59.7 Å². The molecular weight excluding hydrogens is 244 g/mol. The first-order chi connectivity index (χ1) is 9.15. The van der Waals surface area contributed by atoms with Crippen molar-refractivity contribution < 1.29 is 4.79 Å². The second-order valence-corrected chi connectivity index (χ2v) is 7.46. The minimum atomic E-state index is 0.343. The average Bonchev–Trinajstić information content (AvgIpc) is 2.36. The van der Waals surface area contributed by atoms with Gasteiger partial charge in [-0.05, 0) is 53.2 Å². The van der Waals surface area contributed by atoms with Crippen LogP contribution in [0, 0.1) is 0 Å². The van der Waals surface area contributed by atoms with Crippen LogP contribution < -0.4 is 0 Å². The van der Waals surface area contributed by atoms with E-state index in [0.717, 1.165) is 6.29 Å². The van der Waals surface area contributed by atoms with Gasteiger partial charge in [0.1, 0.15) is 6.29 Å². The van der Waals surface area contributed by atoms with Gasteiger partial charge in [-0.3, -0.25) is 0 Å². The molecule has 0 atom stereocenters. The van der Waals surface area contributed by atoms with E-state index in [9.17, 15) is 0 Å². The Morgan fingerprint density at radius 2 is 1.45 bits per heavy atom. The van der Waals surface area contributed by atoms with E-state index in [1.807, 2.05) is 0 Å². The molecule has 0 radical (unpaired) electrons. The summed E-state index contributed by atoms with van der Waals surface area (Å²) >= 11 is 0. The average molecular weight is 274 g/mol. The van der Waals surface area contributed by atoms with E-state index >= 15 is 0 Å². The molecule has 0 bridgehead atoms. The van der Waals surface area contributed by atoms with Gasteiger partial charge in [-0.15, -0.1) is 0 Å². The summed E-state index contributed by atoms with van der Waals surface area (Å²) in [4.78, 5) is 8.81. The van der Waals surface area contributed by atoms with E-state index in [0.29, 0.717) is 16.7 Å². The highest BCUT2D eigenvalue weighted by Gasteiger charge is 2.36. The molecule has 2 rings (SSSR count). The maximum Gasteiger partial charge on any atom is 0.116 e. The van der Waals surface area contributed by atoms with Gasteiger partial charge in [0.25, 0.3) is 0 Å². The van der Waals surface area contributed by atoms with Crippen LogP contribution in [0.1, 0.15) is 83.9 Å². The fourth-order valence-electron chi connectivity index (χ4n) is 2.97. The maximum atomic E-state index is 8.81. The third-order valence-electron chi connectivity index (χ3n) is 4.54. The molecule has 0 heterocycles. The number of benzene rings is 1. The SMILES string of the molecule is CC(C)c1ccc2c(c1)C(C)(C)CCC2(C)C.CC=O. The van der Waals surface area contributed by atoms with Crippen LogP contribution in [0.2, 0.25) is 0 Å². The van der Waals surface area contributed by atoms with Crippen LogP contribution in [-0.4, -0.2) is 6.29 Å². The zero-order chi connectivity index (χ0) is 15.6.